The Bertz CT molecular complexity index is 631. The second-order valence-electron chi connectivity index (χ2n) is 6.43. The maximum atomic E-state index is 5.95. The van der Waals surface area contributed by atoms with E-state index in [1.165, 1.54) is 12.8 Å². The molecule has 1 unspecified atom stereocenters. The van der Waals surface area contributed by atoms with Crippen molar-refractivity contribution in [1.82, 2.24) is 19.9 Å². The van der Waals surface area contributed by atoms with Gasteiger partial charge in [0.05, 0.1) is 0 Å². The smallest absolute Gasteiger partial charge is 0.188 e. The van der Waals surface area contributed by atoms with Gasteiger partial charge < -0.3 is 11.1 Å². The summed E-state index contributed by atoms with van der Waals surface area (Å²) in [5, 5.41) is 11.6. The Balaban J connectivity index is 1.76. The molecule has 0 spiro atoms. The van der Waals surface area contributed by atoms with Gasteiger partial charge in [0.2, 0.25) is 0 Å². The first-order valence-electron chi connectivity index (χ1n) is 8.41. The van der Waals surface area contributed by atoms with E-state index in [4.69, 9.17) is 5.73 Å². The summed E-state index contributed by atoms with van der Waals surface area (Å²) in [7, 11) is 0. The molecule has 2 rings (SSSR count). The molecule has 0 radical (unpaired) electrons. The summed E-state index contributed by atoms with van der Waals surface area (Å²) in [6.07, 6.45) is 6.26. The first kappa shape index (κ1) is 17.2. The molecule has 3 N–H and O–H groups in total. The average Bonchev–Trinajstić information content (AvgIpc) is 2.90. The van der Waals surface area contributed by atoms with Crippen LogP contribution in [0.3, 0.4) is 0 Å². The molecule has 2 aromatic heterocycles. The number of hydrogen-bond donors (Lipinski definition) is 2. The summed E-state index contributed by atoms with van der Waals surface area (Å²) in [6.45, 7) is 7.26. The largest absolute Gasteiger partial charge is 0.370 e. The molecular weight excluding hydrogens is 288 g/mol. The minimum Gasteiger partial charge on any atom is -0.370 e. The van der Waals surface area contributed by atoms with Crippen LogP contribution in [-0.4, -0.2) is 33.1 Å². The van der Waals surface area contributed by atoms with Crippen molar-refractivity contribution in [3.05, 3.63) is 30.2 Å². The third-order valence-electron chi connectivity index (χ3n) is 3.81. The van der Waals surface area contributed by atoms with Gasteiger partial charge in [-0.25, -0.2) is 0 Å². The molecule has 2 heterocycles. The maximum absolute atomic E-state index is 5.95. The first-order chi connectivity index (χ1) is 11.1. The zero-order valence-electron chi connectivity index (χ0n) is 14.4. The molecule has 23 heavy (non-hydrogen) atoms. The quantitative estimate of drug-likeness (QED) is 0.579. The Morgan fingerprint density at radius 1 is 1.26 bits per heavy atom. The first-order valence-corrected chi connectivity index (χ1v) is 8.41. The van der Waals surface area contributed by atoms with Crippen molar-refractivity contribution in [2.24, 2.45) is 16.6 Å². The van der Waals surface area contributed by atoms with Crippen molar-refractivity contribution in [2.45, 2.75) is 52.5 Å². The topological polar surface area (TPSA) is 80.6 Å². The summed E-state index contributed by atoms with van der Waals surface area (Å²) in [5.41, 5.74) is 6.81. The normalized spacial score (nSPS) is 13.7. The van der Waals surface area contributed by atoms with Crippen molar-refractivity contribution in [1.29, 1.82) is 0 Å². The molecule has 2 aromatic rings. The Hall–Kier alpha value is -2.11. The summed E-state index contributed by atoms with van der Waals surface area (Å²) in [4.78, 5) is 4.39. The van der Waals surface area contributed by atoms with E-state index in [-0.39, 0.29) is 0 Å². The molecule has 0 bridgehead atoms. The van der Waals surface area contributed by atoms with Crippen molar-refractivity contribution < 1.29 is 0 Å². The monoisotopic (exact) mass is 316 g/mol. The van der Waals surface area contributed by atoms with Crippen molar-refractivity contribution in [3.8, 4) is 0 Å². The van der Waals surface area contributed by atoms with E-state index < -0.39 is 0 Å². The molecule has 0 fully saturated rings. The Labute approximate surface area is 138 Å². The number of fused-ring (bicyclic) bond motifs is 1. The number of aromatic nitrogens is 3. The average molecular weight is 316 g/mol. The second kappa shape index (κ2) is 8.50. The predicted octanol–water partition coefficient (Wildman–Crippen LogP) is 2.39. The molecule has 0 aliphatic carbocycles. The number of nitrogens with zero attached hydrogens (tertiary/aromatic N) is 4. The number of pyridine rings is 1. The van der Waals surface area contributed by atoms with E-state index >= 15 is 0 Å². The summed E-state index contributed by atoms with van der Waals surface area (Å²) in [5.74, 6) is 2.17. The number of rotatable bonds is 8. The summed E-state index contributed by atoms with van der Waals surface area (Å²) < 4.78 is 1.98. The molecule has 0 saturated carbocycles. The van der Waals surface area contributed by atoms with Crippen LogP contribution in [0.15, 0.2) is 29.4 Å². The molecule has 0 aliphatic rings. The standard InChI is InChI=1S/C17H28N6/c1-13(2)7-6-8-14(3)20-17(18)19-11-10-16-22-21-15-9-4-5-12-23(15)16/h4-5,9,12-14H,6-8,10-11H2,1-3H3,(H3,18,19,20). The van der Waals surface area contributed by atoms with Crippen LogP contribution in [0.5, 0.6) is 0 Å². The number of guanidine groups is 1. The molecule has 6 nitrogen and oxygen atoms in total. The molecule has 126 valence electrons. The van der Waals surface area contributed by atoms with Gasteiger partial charge in [-0.05, 0) is 31.4 Å². The number of hydrogen-bond acceptors (Lipinski definition) is 3. The van der Waals surface area contributed by atoms with Crippen LogP contribution in [0.2, 0.25) is 0 Å². The van der Waals surface area contributed by atoms with Crippen LogP contribution in [0.1, 0.15) is 45.9 Å². The fraction of sp³-hybridized carbons (Fsp3) is 0.588. The second-order valence-corrected chi connectivity index (χ2v) is 6.43. The third kappa shape index (κ3) is 5.54. The Morgan fingerprint density at radius 3 is 2.87 bits per heavy atom. The lowest BCUT2D eigenvalue weighted by molar-refractivity contribution is 0.493. The minimum absolute atomic E-state index is 0.353. The van der Waals surface area contributed by atoms with Gasteiger partial charge in [-0.3, -0.25) is 9.39 Å². The summed E-state index contributed by atoms with van der Waals surface area (Å²) in [6, 6.07) is 6.22. The lowest BCUT2D eigenvalue weighted by atomic mass is 10.0. The maximum Gasteiger partial charge on any atom is 0.188 e. The highest BCUT2D eigenvalue weighted by atomic mass is 15.2. The van der Waals surface area contributed by atoms with Crippen molar-refractivity contribution in [3.63, 3.8) is 0 Å². The van der Waals surface area contributed by atoms with E-state index in [1.54, 1.807) is 0 Å². The van der Waals surface area contributed by atoms with Crippen LogP contribution >= 0.6 is 0 Å². The van der Waals surface area contributed by atoms with E-state index in [0.717, 1.165) is 30.2 Å². The molecule has 1 atom stereocenters. The Kier molecular flexibility index (Phi) is 6.38. The van der Waals surface area contributed by atoms with Crippen molar-refractivity contribution >= 4 is 11.6 Å². The molecule has 0 amide bonds. The van der Waals surface area contributed by atoms with E-state index in [0.29, 0.717) is 18.5 Å². The highest BCUT2D eigenvalue weighted by molar-refractivity contribution is 5.78. The molecule has 0 aromatic carbocycles. The van der Waals surface area contributed by atoms with Crippen molar-refractivity contribution in [2.75, 3.05) is 6.54 Å². The van der Waals surface area contributed by atoms with Gasteiger partial charge in [0.15, 0.2) is 11.6 Å². The van der Waals surface area contributed by atoms with Gasteiger partial charge in [-0.15, -0.1) is 10.2 Å². The zero-order chi connectivity index (χ0) is 16.7. The van der Waals surface area contributed by atoms with Gasteiger partial charge >= 0.3 is 0 Å². The number of nitrogens with one attached hydrogen (secondary N) is 1. The van der Waals surface area contributed by atoms with E-state index in [2.05, 4.69) is 41.3 Å². The molecule has 0 aliphatic heterocycles. The van der Waals surface area contributed by atoms with Gasteiger partial charge in [0.1, 0.15) is 5.82 Å². The van der Waals surface area contributed by atoms with Gasteiger partial charge in [0, 0.05) is 25.2 Å². The number of aliphatic imine (C=N–C) groups is 1. The highest BCUT2D eigenvalue weighted by Crippen LogP contribution is 2.08. The number of nitrogens with two attached hydrogens (primary N) is 1. The zero-order valence-corrected chi connectivity index (χ0v) is 14.4. The van der Waals surface area contributed by atoms with Crippen LogP contribution in [0, 0.1) is 5.92 Å². The van der Waals surface area contributed by atoms with E-state index in [9.17, 15) is 0 Å². The molecule has 0 saturated heterocycles. The lowest BCUT2D eigenvalue weighted by Crippen LogP contribution is -2.38. The highest BCUT2D eigenvalue weighted by Gasteiger charge is 2.05. The fourth-order valence-electron chi connectivity index (χ4n) is 2.54. The predicted molar refractivity (Wildman–Crippen MR) is 94.5 cm³/mol. The Morgan fingerprint density at radius 2 is 2.09 bits per heavy atom. The van der Waals surface area contributed by atoms with Crippen LogP contribution in [0.25, 0.3) is 5.65 Å². The lowest BCUT2D eigenvalue weighted by Gasteiger charge is -2.15. The summed E-state index contributed by atoms with van der Waals surface area (Å²) >= 11 is 0. The molecule has 6 heteroatoms. The fourth-order valence-corrected chi connectivity index (χ4v) is 2.54. The van der Waals surface area contributed by atoms with Crippen LogP contribution in [0.4, 0.5) is 0 Å². The van der Waals surface area contributed by atoms with Gasteiger partial charge in [-0.1, -0.05) is 32.8 Å². The van der Waals surface area contributed by atoms with Gasteiger partial charge in [-0.2, -0.15) is 0 Å². The third-order valence-corrected chi connectivity index (χ3v) is 3.81. The van der Waals surface area contributed by atoms with Gasteiger partial charge in [0.25, 0.3) is 0 Å². The SMILES string of the molecule is CC(C)CCCC(C)NC(N)=NCCc1nnc2ccccn12. The van der Waals surface area contributed by atoms with Crippen LogP contribution < -0.4 is 11.1 Å². The molecular formula is C17H28N6. The minimum atomic E-state index is 0.353. The van der Waals surface area contributed by atoms with Crippen LogP contribution in [-0.2, 0) is 6.42 Å². The van der Waals surface area contributed by atoms with E-state index in [1.807, 2.05) is 28.8 Å².